The summed E-state index contributed by atoms with van der Waals surface area (Å²) in [5.74, 6) is 0.356. The van der Waals surface area contributed by atoms with Gasteiger partial charge < -0.3 is 14.2 Å². The summed E-state index contributed by atoms with van der Waals surface area (Å²) >= 11 is 0. The van der Waals surface area contributed by atoms with Crippen LogP contribution in [-0.4, -0.2) is 18.0 Å². The molecule has 0 saturated heterocycles. The molecule has 4 rings (SSSR count). The zero-order valence-electron chi connectivity index (χ0n) is 15.8. The zero-order chi connectivity index (χ0) is 19.5. The third-order valence-electron chi connectivity index (χ3n) is 5.35. The van der Waals surface area contributed by atoms with Crippen LogP contribution in [-0.2, 0) is 20.9 Å². The molecule has 0 aromatic heterocycles. The Morgan fingerprint density at radius 1 is 1.11 bits per heavy atom. The van der Waals surface area contributed by atoms with Gasteiger partial charge in [-0.2, -0.15) is 0 Å². The molecule has 2 aromatic carbocycles. The van der Waals surface area contributed by atoms with Crippen molar-refractivity contribution in [2.45, 2.75) is 45.0 Å². The monoisotopic (exact) mass is 382 g/mol. The van der Waals surface area contributed by atoms with Gasteiger partial charge in [-0.15, -0.1) is 0 Å². The normalized spacial score (nSPS) is 24.1. The van der Waals surface area contributed by atoms with E-state index in [9.17, 15) is 9.18 Å². The van der Waals surface area contributed by atoms with Gasteiger partial charge in [-0.05, 0) is 38.0 Å². The molecule has 1 heterocycles. The quantitative estimate of drug-likeness (QED) is 0.751. The molecular weight excluding hydrogens is 359 g/mol. The van der Waals surface area contributed by atoms with E-state index in [2.05, 4.69) is 0 Å². The third-order valence-corrected chi connectivity index (χ3v) is 5.35. The molecular formula is C23H23FO4. The number of aryl methyl sites for hydroxylation is 1. The molecule has 0 spiro atoms. The largest absolute Gasteiger partial charge is 0.493 e. The molecule has 0 amide bonds. The van der Waals surface area contributed by atoms with Crippen LogP contribution in [0.1, 0.15) is 30.4 Å². The second-order valence-corrected chi connectivity index (χ2v) is 7.38. The van der Waals surface area contributed by atoms with Gasteiger partial charge in [0.2, 0.25) is 11.5 Å². The van der Waals surface area contributed by atoms with E-state index in [1.54, 1.807) is 18.2 Å². The highest BCUT2D eigenvalue weighted by atomic mass is 19.1. The van der Waals surface area contributed by atoms with Crippen molar-refractivity contribution in [3.63, 3.8) is 0 Å². The molecule has 4 nitrogen and oxygen atoms in total. The van der Waals surface area contributed by atoms with Crippen LogP contribution in [0.15, 0.2) is 60.6 Å². The Hall–Kier alpha value is -2.66. The van der Waals surface area contributed by atoms with Crippen LogP contribution in [0.2, 0.25) is 0 Å². The van der Waals surface area contributed by atoms with E-state index in [4.69, 9.17) is 14.2 Å². The summed E-state index contributed by atoms with van der Waals surface area (Å²) in [5, 5.41) is 0. The lowest BCUT2D eigenvalue weighted by Gasteiger charge is -2.37. The number of Topliss-reactive ketones (excluding diaryl/α,β-unsaturated/α-hetero) is 1. The van der Waals surface area contributed by atoms with Crippen molar-refractivity contribution < 1.29 is 23.4 Å². The highest BCUT2D eigenvalue weighted by Crippen LogP contribution is 2.35. The number of halogens is 1. The summed E-state index contributed by atoms with van der Waals surface area (Å²) in [6, 6.07) is 14.1. The van der Waals surface area contributed by atoms with E-state index in [1.165, 1.54) is 12.3 Å². The minimum Gasteiger partial charge on any atom is -0.493 e. The summed E-state index contributed by atoms with van der Waals surface area (Å²) < 4.78 is 31.2. The Labute approximate surface area is 163 Å². The number of hydrogen-bond donors (Lipinski definition) is 0. The van der Waals surface area contributed by atoms with Gasteiger partial charge in [0.05, 0.1) is 18.6 Å². The first-order chi connectivity index (χ1) is 13.6. The molecule has 1 fully saturated rings. The molecule has 3 unspecified atom stereocenters. The fourth-order valence-corrected chi connectivity index (χ4v) is 3.71. The second-order valence-electron chi connectivity index (χ2n) is 7.38. The van der Waals surface area contributed by atoms with Gasteiger partial charge in [-0.25, -0.2) is 4.39 Å². The number of benzene rings is 2. The number of rotatable bonds is 5. The Bertz CT molecular complexity index is 874. The number of fused-ring (bicyclic) bond motifs is 1. The van der Waals surface area contributed by atoms with Crippen LogP contribution in [0.4, 0.5) is 4.39 Å². The zero-order valence-corrected chi connectivity index (χ0v) is 15.8. The first-order valence-electron chi connectivity index (χ1n) is 9.59. The maximum Gasteiger partial charge on any atom is 0.207 e. The van der Waals surface area contributed by atoms with Crippen LogP contribution in [0, 0.1) is 18.7 Å². The highest BCUT2D eigenvalue weighted by Gasteiger charge is 2.41. The summed E-state index contributed by atoms with van der Waals surface area (Å²) in [6.45, 7) is 2.22. The van der Waals surface area contributed by atoms with E-state index in [1.807, 2.05) is 31.2 Å². The van der Waals surface area contributed by atoms with Crippen LogP contribution in [0.3, 0.4) is 0 Å². The summed E-state index contributed by atoms with van der Waals surface area (Å²) in [7, 11) is 0. The van der Waals surface area contributed by atoms with Gasteiger partial charge in [-0.3, -0.25) is 4.79 Å². The van der Waals surface area contributed by atoms with Crippen LogP contribution < -0.4 is 4.74 Å². The number of ketones is 1. The number of carbonyl (C=O) groups is 1. The first kappa shape index (κ1) is 18.7. The average Bonchev–Trinajstić information content (AvgIpc) is 2.71. The minimum atomic E-state index is -0.263. The van der Waals surface area contributed by atoms with Crippen molar-refractivity contribution in [2.75, 3.05) is 0 Å². The molecule has 0 radical (unpaired) electrons. The lowest BCUT2D eigenvalue weighted by Crippen LogP contribution is -2.42. The van der Waals surface area contributed by atoms with E-state index < -0.39 is 0 Å². The number of carbonyl (C=O) groups excluding carboxylic acids is 1. The molecule has 1 aliphatic carbocycles. The van der Waals surface area contributed by atoms with Gasteiger partial charge >= 0.3 is 0 Å². The molecule has 0 bridgehead atoms. The lowest BCUT2D eigenvalue weighted by atomic mass is 9.80. The van der Waals surface area contributed by atoms with Crippen molar-refractivity contribution in [3.8, 4) is 5.75 Å². The van der Waals surface area contributed by atoms with Gasteiger partial charge in [0.25, 0.3) is 0 Å². The molecule has 1 saturated carbocycles. The SMILES string of the molecule is Cc1ccc(OC2=COC3CC(OCc4ccccc4F)CCC3C2=O)cc1. The average molecular weight is 382 g/mol. The molecule has 1 aliphatic heterocycles. The van der Waals surface area contributed by atoms with E-state index >= 15 is 0 Å². The van der Waals surface area contributed by atoms with E-state index in [0.717, 1.165) is 12.0 Å². The van der Waals surface area contributed by atoms with Crippen molar-refractivity contribution >= 4 is 5.78 Å². The fourth-order valence-electron chi connectivity index (χ4n) is 3.71. The molecule has 2 aliphatic rings. The maximum atomic E-state index is 13.7. The molecule has 5 heteroatoms. The predicted octanol–water partition coefficient (Wildman–Crippen LogP) is 4.71. The van der Waals surface area contributed by atoms with E-state index in [-0.39, 0.29) is 42.1 Å². The number of ether oxygens (including phenoxy) is 3. The Balaban J connectivity index is 1.35. The van der Waals surface area contributed by atoms with Crippen LogP contribution >= 0.6 is 0 Å². The van der Waals surface area contributed by atoms with Crippen molar-refractivity contribution in [2.24, 2.45) is 5.92 Å². The first-order valence-corrected chi connectivity index (χ1v) is 9.59. The number of allylic oxidation sites excluding steroid dienone is 1. The van der Waals surface area contributed by atoms with Crippen molar-refractivity contribution in [1.82, 2.24) is 0 Å². The Morgan fingerprint density at radius 3 is 2.68 bits per heavy atom. The molecule has 2 aromatic rings. The van der Waals surface area contributed by atoms with Gasteiger partial charge in [0.15, 0.2) is 0 Å². The van der Waals surface area contributed by atoms with Gasteiger partial charge in [-0.1, -0.05) is 35.9 Å². The standard InChI is InChI=1S/C23H23FO4/c1-15-6-8-17(9-7-15)28-22-14-27-21-12-18(10-11-19(21)23(22)25)26-13-16-4-2-3-5-20(16)24/h2-9,14,18-19,21H,10-13H2,1H3. The van der Waals surface area contributed by atoms with Gasteiger partial charge in [0.1, 0.15) is 23.9 Å². The minimum absolute atomic E-state index is 0.0237. The highest BCUT2D eigenvalue weighted by molar-refractivity contribution is 5.96. The molecule has 0 N–H and O–H groups in total. The van der Waals surface area contributed by atoms with Crippen LogP contribution in [0.25, 0.3) is 0 Å². The summed E-state index contributed by atoms with van der Waals surface area (Å²) in [5.41, 5.74) is 1.67. The van der Waals surface area contributed by atoms with Gasteiger partial charge in [0, 0.05) is 12.0 Å². The third kappa shape index (κ3) is 4.09. The Kier molecular flexibility index (Phi) is 5.44. The maximum absolute atomic E-state index is 13.7. The topological polar surface area (TPSA) is 44.8 Å². The van der Waals surface area contributed by atoms with Crippen molar-refractivity contribution in [3.05, 3.63) is 77.5 Å². The van der Waals surface area contributed by atoms with Crippen molar-refractivity contribution in [1.29, 1.82) is 0 Å². The summed E-state index contributed by atoms with van der Waals surface area (Å²) in [6.07, 6.45) is 3.16. The molecule has 3 atom stereocenters. The predicted molar refractivity (Wildman–Crippen MR) is 102 cm³/mol. The molecule has 28 heavy (non-hydrogen) atoms. The Morgan fingerprint density at radius 2 is 1.89 bits per heavy atom. The smallest absolute Gasteiger partial charge is 0.207 e. The second kappa shape index (κ2) is 8.15. The summed E-state index contributed by atoms with van der Waals surface area (Å²) in [4.78, 5) is 12.8. The lowest BCUT2D eigenvalue weighted by molar-refractivity contribution is -0.134. The van der Waals surface area contributed by atoms with E-state index in [0.29, 0.717) is 24.2 Å². The number of hydrogen-bond acceptors (Lipinski definition) is 4. The molecule has 146 valence electrons. The fraction of sp³-hybridized carbons (Fsp3) is 0.348. The van der Waals surface area contributed by atoms with Crippen LogP contribution in [0.5, 0.6) is 5.75 Å².